The summed E-state index contributed by atoms with van der Waals surface area (Å²) in [4.78, 5) is 0. The maximum Gasteiger partial charge on any atom is 0.0800 e. The van der Waals surface area contributed by atoms with Crippen molar-refractivity contribution >= 4 is 15.9 Å². The Balaban J connectivity index is 2.80. The summed E-state index contributed by atoms with van der Waals surface area (Å²) in [6.07, 6.45) is 0.883. The third-order valence-corrected chi connectivity index (χ3v) is 2.98. The SMILES string of the molecule is CC(C)(C)N=NC(C)(C)Cc1ccccc1Br. The molecule has 0 amide bonds. The lowest BCUT2D eigenvalue weighted by molar-refractivity contribution is 0.436. The fraction of sp³-hybridized carbons (Fsp3) is 0.571. The molecule has 0 aliphatic heterocycles. The molecule has 0 aromatic heterocycles. The van der Waals surface area contributed by atoms with E-state index in [1.807, 2.05) is 6.07 Å². The molecule has 0 unspecified atom stereocenters. The third kappa shape index (κ3) is 5.44. The fourth-order valence-electron chi connectivity index (χ4n) is 1.43. The van der Waals surface area contributed by atoms with Crippen molar-refractivity contribution in [1.29, 1.82) is 0 Å². The van der Waals surface area contributed by atoms with Gasteiger partial charge in [-0.2, -0.15) is 10.2 Å². The Hall–Kier alpha value is -0.700. The van der Waals surface area contributed by atoms with Crippen molar-refractivity contribution in [2.24, 2.45) is 10.2 Å². The molecule has 0 atom stereocenters. The van der Waals surface area contributed by atoms with Crippen LogP contribution < -0.4 is 0 Å². The maximum atomic E-state index is 4.47. The number of rotatable bonds is 3. The molecule has 0 saturated heterocycles. The van der Waals surface area contributed by atoms with Crippen LogP contribution in [0.4, 0.5) is 0 Å². The molecule has 0 heterocycles. The van der Waals surface area contributed by atoms with Gasteiger partial charge < -0.3 is 0 Å². The number of azo groups is 1. The second-order valence-corrected chi connectivity index (χ2v) is 6.81. The van der Waals surface area contributed by atoms with Crippen LogP contribution in [0.5, 0.6) is 0 Å². The highest BCUT2D eigenvalue weighted by Crippen LogP contribution is 2.24. The normalized spacial score (nSPS) is 13.3. The van der Waals surface area contributed by atoms with Crippen LogP contribution in [0, 0.1) is 0 Å². The summed E-state index contributed by atoms with van der Waals surface area (Å²) in [6, 6.07) is 8.26. The van der Waals surface area contributed by atoms with E-state index in [1.165, 1.54) is 5.56 Å². The van der Waals surface area contributed by atoms with Crippen molar-refractivity contribution in [3.05, 3.63) is 34.3 Å². The number of nitrogens with zero attached hydrogens (tertiary/aromatic N) is 2. The molecule has 0 spiro atoms. The molecule has 0 fully saturated rings. The van der Waals surface area contributed by atoms with Crippen LogP contribution >= 0.6 is 15.9 Å². The minimum atomic E-state index is -0.169. The Morgan fingerprint density at radius 1 is 1.00 bits per heavy atom. The zero-order valence-electron chi connectivity index (χ0n) is 11.3. The van der Waals surface area contributed by atoms with Gasteiger partial charge in [-0.25, -0.2) is 0 Å². The van der Waals surface area contributed by atoms with Gasteiger partial charge in [-0.15, -0.1) is 0 Å². The van der Waals surface area contributed by atoms with E-state index in [0.29, 0.717) is 0 Å². The first-order valence-electron chi connectivity index (χ1n) is 5.87. The van der Waals surface area contributed by atoms with Gasteiger partial charge in [0.1, 0.15) is 0 Å². The molecule has 2 nitrogen and oxygen atoms in total. The topological polar surface area (TPSA) is 24.7 Å². The van der Waals surface area contributed by atoms with Crippen LogP contribution in [0.2, 0.25) is 0 Å². The minimum absolute atomic E-state index is 0.106. The van der Waals surface area contributed by atoms with Gasteiger partial charge in [0.2, 0.25) is 0 Å². The summed E-state index contributed by atoms with van der Waals surface area (Å²) in [7, 11) is 0. The highest BCUT2D eigenvalue weighted by Gasteiger charge is 2.20. The average molecular weight is 297 g/mol. The highest BCUT2D eigenvalue weighted by molar-refractivity contribution is 9.10. The van der Waals surface area contributed by atoms with Gasteiger partial charge in [-0.05, 0) is 52.7 Å². The Morgan fingerprint density at radius 2 is 1.59 bits per heavy atom. The zero-order chi connectivity index (χ0) is 13.1. The van der Waals surface area contributed by atoms with Crippen LogP contribution in [-0.2, 0) is 6.42 Å². The standard InChI is InChI=1S/C14H21BrN2/c1-13(2,3)16-17-14(4,5)10-11-8-6-7-9-12(11)15/h6-9H,10H2,1-5H3. The number of halogens is 1. The maximum absolute atomic E-state index is 4.47. The van der Waals surface area contributed by atoms with E-state index in [9.17, 15) is 0 Å². The lowest BCUT2D eigenvalue weighted by atomic mass is 9.96. The van der Waals surface area contributed by atoms with Gasteiger partial charge >= 0.3 is 0 Å². The molecule has 1 aromatic carbocycles. The van der Waals surface area contributed by atoms with E-state index in [0.717, 1.165) is 10.9 Å². The molecular weight excluding hydrogens is 276 g/mol. The summed E-state index contributed by atoms with van der Waals surface area (Å²) in [5.74, 6) is 0. The van der Waals surface area contributed by atoms with Crippen molar-refractivity contribution in [3.8, 4) is 0 Å². The summed E-state index contributed by atoms with van der Waals surface area (Å²) in [5, 5.41) is 8.83. The summed E-state index contributed by atoms with van der Waals surface area (Å²) >= 11 is 3.57. The van der Waals surface area contributed by atoms with Gasteiger partial charge in [0.05, 0.1) is 11.1 Å². The molecule has 0 N–H and O–H groups in total. The van der Waals surface area contributed by atoms with Crippen molar-refractivity contribution in [2.45, 2.75) is 52.1 Å². The molecule has 0 saturated carbocycles. The van der Waals surface area contributed by atoms with Crippen LogP contribution in [0.25, 0.3) is 0 Å². The summed E-state index contributed by atoms with van der Waals surface area (Å²) in [6.45, 7) is 10.4. The first kappa shape index (κ1) is 14.4. The second-order valence-electron chi connectivity index (χ2n) is 5.95. The molecule has 94 valence electrons. The fourth-order valence-corrected chi connectivity index (χ4v) is 1.85. The van der Waals surface area contributed by atoms with E-state index < -0.39 is 0 Å². The monoisotopic (exact) mass is 296 g/mol. The van der Waals surface area contributed by atoms with Gasteiger partial charge in [0.25, 0.3) is 0 Å². The Morgan fingerprint density at radius 3 is 2.12 bits per heavy atom. The molecule has 3 heteroatoms. The molecule has 1 rings (SSSR count). The van der Waals surface area contributed by atoms with Crippen molar-refractivity contribution in [1.82, 2.24) is 0 Å². The average Bonchev–Trinajstić information content (AvgIpc) is 2.18. The smallest absolute Gasteiger partial charge is 0.0800 e. The molecule has 1 aromatic rings. The number of hydrogen-bond acceptors (Lipinski definition) is 2. The molecule has 0 bridgehead atoms. The Labute approximate surface area is 113 Å². The van der Waals surface area contributed by atoms with Gasteiger partial charge in [0, 0.05) is 4.47 Å². The predicted molar refractivity (Wildman–Crippen MR) is 76.5 cm³/mol. The number of hydrogen-bond donors (Lipinski definition) is 0. The molecule has 17 heavy (non-hydrogen) atoms. The van der Waals surface area contributed by atoms with Crippen molar-refractivity contribution in [3.63, 3.8) is 0 Å². The largest absolute Gasteiger partial charge is 0.188 e. The summed E-state index contributed by atoms with van der Waals surface area (Å²) < 4.78 is 1.14. The van der Waals surface area contributed by atoms with E-state index >= 15 is 0 Å². The summed E-state index contributed by atoms with van der Waals surface area (Å²) in [5.41, 5.74) is 0.993. The predicted octanol–water partition coefficient (Wildman–Crippen LogP) is 5.02. The number of benzene rings is 1. The Kier molecular flexibility index (Phi) is 4.48. The minimum Gasteiger partial charge on any atom is -0.188 e. The third-order valence-electron chi connectivity index (χ3n) is 2.20. The van der Waals surface area contributed by atoms with Gasteiger partial charge in [-0.3, -0.25) is 0 Å². The zero-order valence-corrected chi connectivity index (χ0v) is 12.9. The van der Waals surface area contributed by atoms with Crippen LogP contribution in [0.3, 0.4) is 0 Å². The van der Waals surface area contributed by atoms with Gasteiger partial charge in [0.15, 0.2) is 0 Å². The lowest BCUT2D eigenvalue weighted by Gasteiger charge is -2.21. The van der Waals surface area contributed by atoms with Crippen LogP contribution in [0.15, 0.2) is 39.0 Å². The van der Waals surface area contributed by atoms with E-state index in [-0.39, 0.29) is 11.1 Å². The first-order chi connectivity index (χ1) is 7.70. The van der Waals surface area contributed by atoms with E-state index in [4.69, 9.17) is 0 Å². The lowest BCUT2D eigenvalue weighted by Crippen LogP contribution is -2.22. The molecular formula is C14H21BrN2. The van der Waals surface area contributed by atoms with Gasteiger partial charge in [-0.1, -0.05) is 34.1 Å². The van der Waals surface area contributed by atoms with E-state index in [2.05, 4.69) is 79.0 Å². The molecule has 0 aliphatic rings. The first-order valence-corrected chi connectivity index (χ1v) is 6.66. The molecule has 0 radical (unpaired) electrons. The van der Waals surface area contributed by atoms with Crippen LogP contribution in [-0.4, -0.2) is 11.1 Å². The van der Waals surface area contributed by atoms with Crippen molar-refractivity contribution < 1.29 is 0 Å². The quantitative estimate of drug-likeness (QED) is 0.700. The van der Waals surface area contributed by atoms with Crippen LogP contribution in [0.1, 0.15) is 40.2 Å². The molecule has 0 aliphatic carbocycles. The van der Waals surface area contributed by atoms with Crippen molar-refractivity contribution in [2.75, 3.05) is 0 Å². The Bertz CT molecular complexity index is 403. The second kappa shape index (κ2) is 5.30. The van der Waals surface area contributed by atoms with E-state index in [1.54, 1.807) is 0 Å². The highest BCUT2D eigenvalue weighted by atomic mass is 79.9.